The van der Waals surface area contributed by atoms with Crippen molar-refractivity contribution in [3.8, 4) is 5.75 Å². The van der Waals surface area contributed by atoms with Crippen LogP contribution in [-0.4, -0.2) is 24.7 Å². The number of rotatable bonds is 7. The van der Waals surface area contributed by atoms with Gasteiger partial charge in [-0.2, -0.15) is 0 Å². The van der Waals surface area contributed by atoms with Gasteiger partial charge in [0.05, 0.1) is 0 Å². The molecule has 4 heteroatoms. The molecule has 0 spiro atoms. The van der Waals surface area contributed by atoms with Gasteiger partial charge in [0.15, 0.2) is 5.96 Å². The number of nitrogens with one attached hydrogen (secondary N) is 2. The number of aromatic hydroxyl groups is 1. The fraction of sp³-hybridized carbons (Fsp3) is 0.350. The van der Waals surface area contributed by atoms with Gasteiger partial charge < -0.3 is 15.7 Å². The molecule has 0 saturated heterocycles. The second-order valence-electron chi connectivity index (χ2n) is 5.74. The van der Waals surface area contributed by atoms with Crippen LogP contribution in [0.1, 0.15) is 30.0 Å². The molecule has 0 saturated carbocycles. The first-order valence-electron chi connectivity index (χ1n) is 8.52. The Labute approximate surface area is 144 Å². The van der Waals surface area contributed by atoms with E-state index in [9.17, 15) is 5.11 Å². The minimum absolute atomic E-state index is 0.314. The van der Waals surface area contributed by atoms with Gasteiger partial charge in [-0.15, -0.1) is 0 Å². The van der Waals surface area contributed by atoms with Crippen LogP contribution in [0.2, 0.25) is 0 Å². The molecule has 24 heavy (non-hydrogen) atoms. The van der Waals surface area contributed by atoms with E-state index >= 15 is 0 Å². The summed E-state index contributed by atoms with van der Waals surface area (Å²) in [5, 5.41) is 16.0. The Bertz CT molecular complexity index is 650. The summed E-state index contributed by atoms with van der Waals surface area (Å²) in [6.45, 7) is 3.81. The minimum Gasteiger partial charge on any atom is -0.508 e. The van der Waals surface area contributed by atoms with Crippen LogP contribution in [0.3, 0.4) is 0 Å². The van der Waals surface area contributed by atoms with Crippen LogP contribution in [0.5, 0.6) is 5.75 Å². The maximum absolute atomic E-state index is 9.29. The second kappa shape index (κ2) is 9.60. The van der Waals surface area contributed by atoms with Gasteiger partial charge in [-0.3, -0.25) is 4.99 Å². The Hall–Kier alpha value is -2.49. The number of nitrogens with zero attached hydrogens (tertiary/aromatic N) is 1. The van der Waals surface area contributed by atoms with E-state index < -0.39 is 0 Å². The van der Waals surface area contributed by atoms with Gasteiger partial charge in [-0.05, 0) is 48.1 Å². The van der Waals surface area contributed by atoms with Crippen molar-refractivity contribution in [2.24, 2.45) is 4.99 Å². The Morgan fingerprint density at radius 1 is 1.00 bits per heavy atom. The summed E-state index contributed by atoms with van der Waals surface area (Å²) in [5.74, 6) is 1.14. The maximum atomic E-state index is 9.29. The molecule has 2 aromatic rings. The van der Waals surface area contributed by atoms with Crippen molar-refractivity contribution in [3.05, 3.63) is 65.2 Å². The predicted molar refractivity (Wildman–Crippen MR) is 100 cm³/mol. The summed E-state index contributed by atoms with van der Waals surface area (Å²) >= 11 is 0. The van der Waals surface area contributed by atoms with E-state index in [1.165, 1.54) is 16.7 Å². The predicted octanol–water partition coefficient (Wildman–Crippen LogP) is 3.25. The Morgan fingerprint density at radius 2 is 1.71 bits per heavy atom. The first-order chi connectivity index (χ1) is 11.7. The molecule has 0 bridgehead atoms. The molecular weight excluding hydrogens is 298 g/mol. The van der Waals surface area contributed by atoms with Crippen LogP contribution in [0.25, 0.3) is 0 Å². The van der Waals surface area contributed by atoms with Gasteiger partial charge in [-0.25, -0.2) is 0 Å². The van der Waals surface area contributed by atoms with Crippen molar-refractivity contribution in [2.75, 3.05) is 13.6 Å². The van der Waals surface area contributed by atoms with E-state index in [4.69, 9.17) is 0 Å². The van der Waals surface area contributed by atoms with E-state index in [2.05, 4.69) is 46.8 Å². The third-order valence-electron chi connectivity index (χ3n) is 4.04. The molecular formula is C20H27N3O. The lowest BCUT2D eigenvalue weighted by Crippen LogP contribution is -2.37. The molecule has 0 aromatic heterocycles. The zero-order chi connectivity index (χ0) is 17.2. The monoisotopic (exact) mass is 325 g/mol. The molecule has 0 aliphatic heterocycles. The molecule has 128 valence electrons. The van der Waals surface area contributed by atoms with Crippen LogP contribution in [-0.2, 0) is 19.4 Å². The van der Waals surface area contributed by atoms with Crippen LogP contribution in [0.15, 0.2) is 53.5 Å². The number of aliphatic imine (C=N–C) groups is 1. The average Bonchev–Trinajstić information content (AvgIpc) is 2.63. The van der Waals surface area contributed by atoms with Crippen molar-refractivity contribution in [3.63, 3.8) is 0 Å². The maximum Gasteiger partial charge on any atom is 0.191 e. The van der Waals surface area contributed by atoms with Crippen LogP contribution >= 0.6 is 0 Å². The lowest BCUT2D eigenvalue weighted by atomic mass is 10.1. The highest BCUT2D eigenvalue weighted by atomic mass is 16.3. The van der Waals surface area contributed by atoms with E-state index in [0.29, 0.717) is 5.75 Å². The van der Waals surface area contributed by atoms with E-state index in [0.717, 1.165) is 38.3 Å². The zero-order valence-corrected chi connectivity index (χ0v) is 14.5. The van der Waals surface area contributed by atoms with E-state index in [1.54, 1.807) is 19.2 Å². The standard InChI is InChI=1S/C20H27N3O/c1-3-17-8-4-5-9-18(17)15-23-20(21-2)22-14-6-7-16-10-12-19(24)13-11-16/h4-5,8-13,24H,3,6-7,14-15H2,1-2H3,(H2,21,22,23). The topological polar surface area (TPSA) is 56.7 Å². The highest BCUT2D eigenvalue weighted by Crippen LogP contribution is 2.11. The van der Waals surface area contributed by atoms with Gasteiger partial charge in [0.25, 0.3) is 0 Å². The summed E-state index contributed by atoms with van der Waals surface area (Å²) in [5.41, 5.74) is 3.91. The lowest BCUT2D eigenvalue weighted by molar-refractivity contribution is 0.475. The third kappa shape index (κ3) is 5.61. The summed E-state index contributed by atoms with van der Waals surface area (Å²) in [4.78, 5) is 4.28. The molecule has 0 amide bonds. The Kier molecular flexibility index (Phi) is 7.15. The Morgan fingerprint density at radius 3 is 2.38 bits per heavy atom. The molecule has 4 nitrogen and oxygen atoms in total. The fourth-order valence-electron chi connectivity index (χ4n) is 2.64. The molecule has 0 radical (unpaired) electrons. The highest BCUT2D eigenvalue weighted by Gasteiger charge is 2.02. The summed E-state index contributed by atoms with van der Waals surface area (Å²) < 4.78 is 0. The van der Waals surface area contributed by atoms with Crippen molar-refractivity contribution < 1.29 is 5.11 Å². The first kappa shape index (κ1) is 17.9. The number of benzene rings is 2. The number of hydrogen-bond acceptors (Lipinski definition) is 2. The van der Waals surface area contributed by atoms with Crippen LogP contribution in [0.4, 0.5) is 0 Å². The molecule has 0 atom stereocenters. The fourth-order valence-corrected chi connectivity index (χ4v) is 2.64. The molecule has 0 fully saturated rings. The quantitative estimate of drug-likeness (QED) is 0.416. The van der Waals surface area contributed by atoms with Crippen molar-refractivity contribution >= 4 is 5.96 Å². The van der Waals surface area contributed by atoms with Gasteiger partial charge in [0.2, 0.25) is 0 Å². The summed E-state index contributed by atoms with van der Waals surface area (Å²) in [6.07, 6.45) is 3.02. The number of guanidine groups is 1. The molecule has 0 unspecified atom stereocenters. The molecule has 0 aliphatic rings. The van der Waals surface area contributed by atoms with Gasteiger partial charge >= 0.3 is 0 Å². The second-order valence-corrected chi connectivity index (χ2v) is 5.74. The minimum atomic E-state index is 0.314. The molecule has 2 rings (SSSR count). The summed E-state index contributed by atoms with van der Waals surface area (Å²) in [6, 6.07) is 15.9. The molecule has 3 N–H and O–H groups in total. The molecule has 0 aliphatic carbocycles. The Balaban J connectivity index is 1.73. The van der Waals surface area contributed by atoms with Gasteiger partial charge in [0.1, 0.15) is 5.75 Å². The third-order valence-corrected chi connectivity index (χ3v) is 4.04. The summed E-state index contributed by atoms with van der Waals surface area (Å²) in [7, 11) is 1.79. The van der Waals surface area contributed by atoms with Crippen LogP contribution < -0.4 is 10.6 Å². The zero-order valence-electron chi connectivity index (χ0n) is 14.5. The number of phenols is 1. The average molecular weight is 325 g/mol. The smallest absolute Gasteiger partial charge is 0.191 e. The SMILES string of the molecule is CCc1ccccc1CNC(=NC)NCCCc1ccc(O)cc1. The van der Waals surface area contributed by atoms with Crippen molar-refractivity contribution in [1.29, 1.82) is 0 Å². The van der Waals surface area contributed by atoms with E-state index in [-0.39, 0.29) is 0 Å². The van der Waals surface area contributed by atoms with Gasteiger partial charge in [0, 0.05) is 20.1 Å². The molecule has 2 aromatic carbocycles. The highest BCUT2D eigenvalue weighted by molar-refractivity contribution is 5.79. The first-order valence-corrected chi connectivity index (χ1v) is 8.52. The van der Waals surface area contributed by atoms with Crippen molar-refractivity contribution in [2.45, 2.75) is 32.7 Å². The van der Waals surface area contributed by atoms with Gasteiger partial charge in [-0.1, -0.05) is 43.3 Å². The largest absolute Gasteiger partial charge is 0.508 e. The number of aryl methyl sites for hydroxylation is 2. The van der Waals surface area contributed by atoms with E-state index in [1.807, 2.05) is 12.1 Å². The lowest BCUT2D eigenvalue weighted by Gasteiger charge is -2.13. The number of phenolic OH excluding ortho intramolecular Hbond substituents is 1. The molecule has 0 heterocycles. The van der Waals surface area contributed by atoms with Crippen LogP contribution in [0, 0.1) is 0 Å². The normalized spacial score (nSPS) is 11.3. The van der Waals surface area contributed by atoms with Crippen molar-refractivity contribution in [1.82, 2.24) is 10.6 Å². The number of hydrogen-bond donors (Lipinski definition) is 3.